The van der Waals surface area contributed by atoms with E-state index in [1.165, 1.54) is 32.1 Å². The molecule has 1 aliphatic carbocycles. The van der Waals surface area contributed by atoms with Gasteiger partial charge in [-0.2, -0.15) is 0 Å². The van der Waals surface area contributed by atoms with Crippen LogP contribution in [-0.4, -0.2) is 54.5 Å². The highest BCUT2D eigenvalue weighted by molar-refractivity contribution is 5.69. The molecule has 20 heavy (non-hydrogen) atoms. The summed E-state index contributed by atoms with van der Waals surface area (Å²) in [6, 6.07) is 0. The first-order valence-electron chi connectivity index (χ1n) is 7.93. The van der Waals surface area contributed by atoms with Crippen LogP contribution in [0.4, 0.5) is 4.79 Å². The van der Waals surface area contributed by atoms with Gasteiger partial charge in [0.05, 0.1) is 13.2 Å². The highest BCUT2D eigenvalue weighted by Gasteiger charge is 2.33. The molecule has 0 radical (unpaired) electrons. The van der Waals surface area contributed by atoms with Crippen molar-refractivity contribution in [2.45, 2.75) is 51.0 Å². The van der Waals surface area contributed by atoms with Gasteiger partial charge in [0.2, 0.25) is 0 Å². The number of amides is 1. The third kappa shape index (κ3) is 3.85. The lowest BCUT2D eigenvalue weighted by molar-refractivity contribution is 0.0944. The maximum Gasteiger partial charge on any atom is 0.409 e. The largest absolute Gasteiger partial charge is 0.448 e. The number of rotatable bonds is 7. The number of nitrogens with zero attached hydrogens (tertiary/aromatic N) is 1. The maximum atomic E-state index is 11.3. The van der Waals surface area contributed by atoms with Crippen molar-refractivity contribution in [3.05, 3.63) is 0 Å². The highest BCUT2D eigenvalue weighted by atomic mass is 16.6. The fraction of sp³-hybridized carbons (Fsp3) is 0.933. The molecular formula is C15H28N2O3. The molecular weight excluding hydrogens is 256 g/mol. The van der Waals surface area contributed by atoms with Crippen molar-refractivity contribution in [1.29, 1.82) is 0 Å². The Labute approximate surface area is 121 Å². The average Bonchev–Trinajstić information content (AvgIpc) is 2.90. The number of carbonyl (C=O) groups is 1. The molecule has 2 aliphatic rings. The summed E-state index contributed by atoms with van der Waals surface area (Å²) < 4.78 is 4.91. The van der Waals surface area contributed by atoms with Crippen LogP contribution >= 0.6 is 0 Å². The zero-order chi connectivity index (χ0) is 14.4. The van der Waals surface area contributed by atoms with Crippen molar-refractivity contribution >= 4 is 6.09 Å². The van der Waals surface area contributed by atoms with Crippen molar-refractivity contribution in [1.82, 2.24) is 10.2 Å². The minimum atomic E-state index is -0.192. The van der Waals surface area contributed by atoms with Crippen molar-refractivity contribution in [3.8, 4) is 0 Å². The molecule has 5 nitrogen and oxygen atoms in total. The van der Waals surface area contributed by atoms with E-state index in [1.54, 1.807) is 4.90 Å². The van der Waals surface area contributed by atoms with Gasteiger partial charge in [-0.05, 0) is 38.6 Å². The van der Waals surface area contributed by atoms with Gasteiger partial charge in [0.25, 0.3) is 0 Å². The van der Waals surface area contributed by atoms with Gasteiger partial charge in [-0.3, -0.25) is 0 Å². The van der Waals surface area contributed by atoms with Gasteiger partial charge in [0.1, 0.15) is 6.61 Å². The Morgan fingerprint density at radius 2 is 2.15 bits per heavy atom. The number of hydrogen-bond donors (Lipinski definition) is 2. The molecule has 0 spiro atoms. The number of nitrogens with one attached hydrogen (secondary N) is 1. The smallest absolute Gasteiger partial charge is 0.409 e. The van der Waals surface area contributed by atoms with Gasteiger partial charge in [0.15, 0.2) is 0 Å². The molecule has 1 atom stereocenters. The second-order valence-electron chi connectivity index (χ2n) is 6.29. The van der Waals surface area contributed by atoms with Crippen molar-refractivity contribution in [2.24, 2.45) is 5.92 Å². The zero-order valence-electron chi connectivity index (χ0n) is 12.6. The fourth-order valence-electron chi connectivity index (χ4n) is 3.34. The van der Waals surface area contributed by atoms with E-state index in [1.807, 2.05) is 0 Å². The van der Waals surface area contributed by atoms with E-state index in [2.05, 4.69) is 12.2 Å². The molecule has 1 saturated carbocycles. The summed E-state index contributed by atoms with van der Waals surface area (Å²) >= 11 is 0. The first-order valence-corrected chi connectivity index (χ1v) is 7.93. The van der Waals surface area contributed by atoms with E-state index >= 15 is 0 Å². The SMILES string of the molecule is C[C@](CO)(NCCCN1CCOC1=O)C1CCCCC1. The normalized spacial score (nSPS) is 23.7. The Balaban J connectivity index is 1.71. The molecule has 0 aromatic heterocycles. The summed E-state index contributed by atoms with van der Waals surface area (Å²) in [5, 5.41) is 13.3. The number of aliphatic hydroxyl groups excluding tert-OH is 1. The molecule has 0 aromatic rings. The molecule has 2 N–H and O–H groups in total. The lowest BCUT2D eigenvalue weighted by Gasteiger charge is -2.39. The Morgan fingerprint density at radius 1 is 1.40 bits per heavy atom. The molecule has 116 valence electrons. The van der Waals surface area contributed by atoms with Gasteiger partial charge in [-0.15, -0.1) is 0 Å². The number of aliphatic hydroxyl groups is 1. The van der Waals surface area contributed by atoms with Crippen LogP contribution in [0.3, 0.4) is 0 Å². The summed E-state index contributed by atoms with van der Waals surface area (Å²) in [5.41, 5.74) is -0.175. The molecule has 0 bridgehead atoms. The summed E-state index contributed by atoms with van der Waals surface area (Å²) in [4.78, 5) is 13.1. The number of cyclic esters (lactones) is 1. The predicted molar refractivity (Wildman–Crippen MR) is 77.6 cm³/mol. The van der Waals surface area contributed by atoms with Crippen molar-refractivity contribution in [3.63, 3.8) is 0 Å². The van der Waals surface area contributed by atoms with E-state index < -0.39 is 0 Å². The minimum Gasteiger partial charge on any atom is -0.448 e. The zero-order valence-corrected chi connectivity index (χ0v) is 12.6. The van der Waals surface area contributed by atoms with Crippen LogP contribution in [0.1, 0.15) is 45.4 Å². The van der Waals surface area contributed by atoms with E-state index in [0.29, 0.717) is 19.1 Å². The minimum absolute atomic E-state index is 0.175. The van der Waals surface area contributed by atoms with Crippen molar-refractivity contribution in [2.75, 3.05) is 32.8 Å². The molecule has 2 rings (SSSR count). The average molecular weight is 284 g/mol. The van der Waals surface area contributed by atoms with Gasteiger partial charge < -0.3 is 20.1 Å². The van der Waals surface area contributed by atoms with Gasteiger partial charge >= 0.3 is 6.09 Å². The summed E-state index contributed by atoms with van der Waals surface area (Å²) in [6.07, 6.45) is 7.02. The van der Waals surface area contributed by atoms with Crippen LogP contribution in [-0.2, 0) is 4.74 Å². The monoisotopic (exact) mass is 284 g/mol. The summed E-state index contributed by atoms with van der Waals surface area (Å²) in [6.45, 7) is 5.10. The van der Waals surface area contributed by atoms with E-state index in [4.69, 9.17) is 4.74 Å². The second kappa shape index (κ2) is 7.27. The second-order valence-corrected chi connectivity index (χ2v) is 6.29. The van der Waals surface area contributed by atoms with Gasteiger partial charge in [-0.1, -0.05) is 19.3 Å². The number of carbonyl (C=O) groups excluding carboxylic acids is 1. The van der Waals surface area contributed by atoms with Crippen LogP contribution in [0.25, 0.3) is 0 Å². The predicted octanol–water partition coefficient (Wildman–Crippen LogP) is 1.75. The quantitative estimate of drug-likeness (QED) is 0.699. The van der Waals surface area contributed by atoms with Crippen LogP contribution in [0.2, 0.25) is 0 Å². The Bertz CT molecular complexity index is 318. The molecule has 5 heteroatoms. The van der Waals surface area contributed by atoms with Crippen LogP contribution in [0.5, 0.6) is 0 Å². The number of hydrogen-bond acceptors (Lipinski definition) is 4. The van der Waals surface area contributed by atoms with Crippen molar-refractivity contribution < 1.29 is 14.6 Å². The molecule has 1 saturated heterocycles. The first kappa shape index (κ1) is 15.6. The Morgan fingerprint density at radius 3 is 2.75 bits per heavy atom. The molecule has 2 fully saturated rings. The van der Waals surface area contributed by atoms with E-state index in [-0.39, 0.29) is 18.2 Å². The van der Waals surface area contributed by atoms with Crippen LogP contribution < -0.4 is 5.32 Å². The van der Waals surface area contributed by atoms with E-state index in [9.17, 15) is 9.90 Å². The third-order valence-electron chi connectivity index (χ3n) is 4.81. The molecule has 1 aliphatic heterocycles. The molecule has 1 amide bonds. The standard InChI is InChI=1S/C15H28N2O3/c1-15(12-18,13-6-3-2-4-7-13)16-8-5-9-17-10-11-20-14(17)19/h13,16,18H,2-12H2,1H3/t15-/m1/s1. The molecule has 0 unspecified atom stereocenters. The Kier molecular flexibility index (Phi) is 5.66. The number of ether oxygens (including phenoxy) is 1. The maximum absolute atomic E-state index is 11.3. The first-order chi connectivity index (χ1) is 9.65. The Hall–Kier alpha value is -0.810. The lowest BCUT2D eigenvalue weighted by Crippen LogP contribution is -2.53. The van der Waals surface area contributed by atoms with Gasteiger partial charge in [-0.25, -0.2) is 4.79 Å². The fourth-order valence-corrected chi connectivity index (χ4v) is 3.34. The van der Waals surface area contributed by atoms with Crippen LogP contribution in [0, 0.1) is 5.92 Å². The van der Waals surface area contributed by atoms with Crippen LogP contribution in [0.15, 0.2) is 0 Å². The summed E-state index contributed by atoms with van der Waals surface area (Å²) in [7, 11) is 0. The molecule has 0 aromatic carbocycles. The topological polar surface area (TPSA) is 61.8 Å². The summed E-state index contributed by atoms with van der Waals surface area (Å²) in [5.74, 6) is 0.568. The highest BCUT2D eigenvalue weighted by Crippen LogP contribution is 2.32. The van der Waals surface area contributed by atoms with E-state index in [0.717, 1.165) is 19.5 Å². The third-order valence-corrected chi connectivity index (χ3v) is 4.81. The molecule has 1 heterocycles. The lowest BCUT2D eigenvalue weighted by atomic mass is 9.76. The van der Waals surface area contributed by atoms with Gasteiger partial charge in [0, 0.05) is 12.1 Å².